The van der Waals surface area contributed by atoms with Crippen molar-refractivity contribution in [3.8, 4) is 11.1 Å². The van der Waals surface area contributed by atoms with Crippen LogP contribution >= 0.6 is 0 Å². The van der Waals surface area contributed by atoms with Gasteiger partial charge in [0.1, 0.15) is 19.8 Å². The number of amides is 2. The molecule has 1 atom stereocenters. The lowest BCUT2D eigenvalue weighted by Gasteiger charge is -2.27. The summed E-state index contributed by atoms with van der Waals surface area (Å²) in [5, 5.41) is 12.3. The van der Waals surface area contributed by atoms with Crippen LogP contribution < -0.4 is 5.32 Å². The van der Waals surface area contributed by atoms with Gasteiger partial charge in [-0.1, -0.05) is 91.5 Å². The Morgan fingerprint density at radius 3 is 2.12 bits per heavy atom. The monoisotopic (exact) mass is 570 g/mol. The number of rotatable bonds is 14. The van der Waals surface area contributed by atoms with Crippen LogP contribution in [0.25, 0.3) is 11.1 Å². The van der Waals surface area contributed by atoms with E-state index in [4.69, 9.17) is 9.47 Å². The lowest BCUT2D eigenvalue weighted by atomic mass is 9.98. The second kappa shape index (κ2) is 14.6. The normalized spacial score (nSPS) is 12.4. The highest BCUT2D eigenvalue weighted by Gasteiger charge is 2.30. The predicted molar refractivity (Wildman–Crippen MR) is 157 cm³/mol. The number of nitrogens with one attached hydrogen (secondary N) is 1. The molecule has 9 heteroatoms. The van der Waals surface area contributed by atoms with E-state index in [2.05, 4.69) is 24.0 Å². The number of carboxylic acids is 1. The fourth-order valence-electron chi connectivity index (χ4n) is 5.14. The van der Waals surface area contributed by atoms with Crippen LogP contribution in [-0.2, 0) is 30.3 Å². The average Bonchev–Trinajstić information content (AvgIpc) is 3.31. The van der Waals surface area contributed by atoms with Crippen molar-refractivity contribution in [3.63, 3.8) is 0 Å². The molecule has 218 valence electrons. The van der Waals surface area contributed by atoms with Gasteiger partial charge in [0, 0.05) is 18.9 Å². The molecule has 0 fully saturated rings. The van der Waals surface area contributed by atoms with Crippen molar-refractivity contribution in [2.24, 2.45) is 0 Å². The summed E-state index contributed by atoms with van der Waals surface area (Å²) < 4.78 is 10.6. The Hall–Kier alpha value is -4.92. The molecule has 9 nitrogen and oxygen atoms in total. The summed E-state index contributed by atoms with van der Waals surface area (Å²) >= 11 is 0. The molecular formula is C33H34N2O7. The predicted octanol–water partition coefficient (Wildman–Crippen LogP) is 4.56. The number of hydrogen-bond acceptors (Lipinski definition) is 6. The second-order valence-corrected chi connectivity index (χ2v) is 10.00. The maximum Gasteiger partial charge on any atom is 0.407 e. The Labute approximate surface area is 244 Å². The number of fused-ring (bicyclic) bond motifs is 3. The topological polar surface area (TPSA) is 122 Å². The van der Waals surface area contributed by atoms with Gasteiger partial charge < -0.3 is 24.8 Å². The molecule has 0 saturated carbocycles. The SMILES string of the molecule is C=CCOC(=O)CCC(=O)N(CC(=O)O)C[C@H](Cc1ccccc1)NC(=O)OCC1c2ccccc2-c2ccccc21. The van der Waals surface area contributed by atoms with Crippen molar-refractivity contribution < 1.29 is 33.8 Å². The number of ether oxygens (including phenoxy) is 2. The standard InChI is InChI=1S/C33H34N2O7/c1-2-18-41-32(39)17-16-30(36)35(21-31(37)38)20-24(19-23-10-4-3-5-11-23)34-33(40)42-22-29-27-14-8-6-12-25(27)26-13-7-9-15-28(26)29/h2-15,24,29H,1,16-22H2,(H,34,40)(H,37,38)/t24-/m0/s1. The van der Waals surface area contributed by atoms with Crippen LogP contribution in [-0.4, -0.2) is 66.3 Å². The maximum absolute atomic E-state index is 13.1. The highest BCUT2D eigenvalue weighted by atomic mass is 16.5. The van der Waals surface area contributed by atoms with Gasteiger partial charge in [0.15, 0.2) is 0 Å². The molecule has 42 heavy (non-hydrogen) atoms. The number of carbonyl (C=O) groups excluding carboxylic acids is 3. The van der Waals surface area contributed by atoms with Crippen LogP contribution in [0.5, 0.6) is 0 Å². The van der Waals surface area contributed by atoms with Crippen LogP contribution in [0, 0.1) is 0 Å². The average molecular weight is 571 g/mol. The van der Waals surface area contributed by atoms with Crippen molar-refractivity contribution in [2.45, 2.75) is 31.2 Å². The molecule has 3 aromatic carbocycles. The number of hydrogen-bond donors (Lipinski definition) is 2. The third-order valence-corrected chi connectivity index (χ3v) is 7.02. The molecule has 0 spiro atoms. The summed E-state index contributed by atoms with van der Waals surface area (Å²) in [7, 11) is 0. The van der Waals surface area contributed by atoms with Crippen molar-refractivity contribution in [1.82, 2.24) is 10.2 Å². The zero-order valence-corrected chi connectivity index (χ0v) is 23.2. The van der Waals surface area contributed by atoms with Crippen molar-refractivity contribution >= 4 is 23.9 Å². The number of aliphatic carboxylic acids is 1. The molecule has 0 aliphatic heterocycles. The molecule has 1 aliphatic carbocycles. The van der Waals surface area contributed by atoms with Gasteiger partial charge in [-0.25, -0.2) is 4.79 Å². The summed E-state index contributed by atoms with van der Waals surface area (Å²) in [6, 6.07) is 24.7. The molecule has 4 rings (SSSR count). The number of carbonyl (C=O) groups is 4. The van der Waals surface area contributed by atoms with Crippen molar-refractivity contribution in [2.75, 3.05) is 26.3 Å². The first-order valence-electron chi connectivity index (χ1n) is 13.8. The fraction of sp³-hybridized carbons (Fsp3) is 0.273. The zero-order valence-electron chi connectivity index (χ0n) is 23.2. The summed E-state index contributed by atoms with van der Waals surface area (Å²) in [4.78, 5) is 50.6. The first-order valence-corrected chi connectivity index (χ1v) is 13.8. The van der Waals surface area contributed by atoms with Crippen LogP contribution in [0.3, 0.4) is 0 Å². The molecule has 0 heterocycles. The first-order chi connectivity index (χ1) is 20.4. The van der Waals surface area contributed by atoms with Gasteiger partial charge in [-0.3, -0.25) is 14.4 Å². The maximum atomic E-state index is 13.1. The second-order valence-electron chi connectivity index (χ2n) is 10.00. The van der Waals surface area contributed by atoms with Gasteiger partial charge >= 0.3 is 18.0 Å². The quantitative estimate of drug-likeness (QED) is 0.215. The minimum absolute atomic E-state index is 0.0229. The van der Waals surface area contributed by atoms with E-state index in [9.17, 15) is 24.3 Å². The van der Waals surface area contributed by atoms with E-state index in [0.29, 0.717) is 6.42 Å². The van der Waals surface area contributed by atoms with E-state index in [0.717, 1.165) is 32.7 Å². The largest absolute Gasteiger partial charge is 0.480 e. The summed E-state index contributed by atoms with van der Waals surface area (Å²) in [5.41, 5.74) is 5.27. The minimum Gasteiger partial charge on any atom is -0.480 e. The van der Waals surface area contributed by atoms with Crippen LogP contribution in [0.1, 0.15) is 35.4 Å². The highest BCUT2D eigenvalue weighted by Crippen LogP contribution is 2.44. The summed E-state index contributed by atoms with van der Waals surface area (Å²) in [5.74, 6) is -2.46. The summed E-state index contributed by atoms with van der Waals surface area (Å²) in [6.45, 7) is 2.93. The smallest absolute Gasteiger partial charge is 0.407 e. The van der Waals surface area contributed by atoms with E-state index >= 15 is 0 Å². The molecule has 0 unspecified atom stereocenters. The van der Waals surface area contributed by atoms with Gasteiger partial charge in [0.05, 0.1) is 12.5 Å². The molecule has 2 N–H and O–H groups in total. The lowest BCUT2D eigenvalue weighted by Crippen LogP contribution is -2.48. The Balaban J connectivity index is 1.44. The Morgan fingerprint density at radius 1 is 0.881 bits per heavy atom. The van der Waals surface area contributed by atoms with Crippen molar-refractivity contribution in [3.05, 3.63) is 108 Å². The number of esters is 1. The van der Waals surface area contributed by atoms with E-state index in [-0.39, 0.29) is 38.5 Å². The van der Waals surface area contributed by atoms with Gasteiger partial charge in [-0.15, -0.1) is 0 Å². The van der Waals surface area contributed by atoms with Gasteiger partial charge in [0.25, 0.3) is 0 Å². The number of nitrogens with zero attached hydrogens (tertiary/aromatic N) is 1. The third-order valence-electron chi connectivity index (χ3n) is 7.02. The van der Waals surface area contributed by atoms with Crippen LogP contribution in [0.15, 0.2) is 91.5 Å². The molecule has 0 aromatic heterocycles. The van der Waals surface area contributed by atoms with E-state index < -0.39 is 36.5 Å². The molecule has 0 saturated heterocycles. The fourth-order valence-corrected chi connectivity index (χ4v) is 5.14. The first kappa shape index (κ1) is 30.0. The van der Waals surface area contributed by atoms with E-state index in [1.54, 1.807) is 0 Å². The van der Waals surface area contributed by atoms with Crippen molar-refractivity contribution in [1.29, 1.82) is 0 Å². The summed E-state index contributed by atoms with van der Waals surface area (Å²) in [6.07, 6.45) is 0.640. The van der Waals surface area contributed by atoms with Gasteiger partial charge in [-0.2, -0.15) is 0 Å². The molecule has 1 aliphatic rings. The zero-order chi connectivity index (χ0) is 29.9. The minimum atomic E-state index is -1.21. The molecule has 0 bridgehead atoms. The van der Waals surface area contributed by atoms with Gasteiger partial charge in [0.2, 0.25) is 5.91 Å². The number of carboxylic acid groups (broad SMARTS) is 1. The van der Waals surface area contributed by atoms with Crippen LogP contribution in [0.2, 0.25) is 0 Å². The van der Waals surface area contributed by atoms with Gasteiger partial charge in [-0.05, 0) is 34.2 Å². The molecule has 3 aromatic rings. The van der Waals surface area contributed by atoms with E-state index in [1.165, 1.54) is 6.08 Å². The molecule has 2 amide bonds. The Morgan fingerprint density at radius 2 is 1.50 bits per heavy atom. The lowest BCUT2D eigenvalue weighted by molar-refractivity contribution is -0.147. The number of alkyl carbamates (subject to hydrolysis) is 1. The van der Waals surface area contributed by atoms with Crippen LogP contribution in [0.4, 0.5) is 4.79 Å². The number of benzene rings is 3. The Bertz CT molecular complexity index is 1380. The molecule has 0 radical (unpaired) electrons. The third kappa shape index (κ3) is 8.06. The van der Waals surface area contributed by atoms with E-state index in [1.807, 2.05) is 66.7 Å². The highest BCUT2D eigenvalue weighted by molar-refractivity contribution is 5.84. The molecular weight excluding hydrogens is 536 g/mol. The Kier molecular flexibility index (Phi) is 10.5.